The predicted molar refractivity (Wildman–Crippen MR) is 120 cm³/mol. The Kier molecular flexibility index (Phi) is 6.38. The normalized spacial score (nSPS) is 16.3. The van der Waals surface area contributed by atoms with Gasteiger partial charge in [0, 0.05) is 30.5 Å². The quantitative estimate of drug-likeness (QED) is 0.582. The van der Waals surface area contributed by atoms with Crippen LogP contribution >= 0.6 is 0 Å². The van der Waals surface area contributed by atoms with Gasteiger partial charge in [0.2, 0.25) is 0 Å². The first-order chi connectivity index (χ1) is 14.3. The van der Waals surface area contributed by atoms with Crippen molar-refractivity contribution in [3.63, 3.8) is 0 Å². The molecule has 0 saturated carbocycles. The number of aromatic nitrogens is 1. The summed E-state index contributed by atoms with van der Waals surface area (Å²) in [5.41, 5.74) is 6.40. The minimum Gasteiger partial charge on any atom is -0.497 e. The number of hydrogen-bond acceptors (Lipinski definition) is 3. The molecule has 1 N–H and O–H groups in total. The van der Waals surface area contributed by atoms with Crippen LogP contribution < -0.4 is 10.1 Å². The lowest BCUT2D eigenvalue weighted by Gasteiger charge is -2.24. The van der Waals surface area contributed by atoms with E-state index in [0.717, 1.165) is 42.7 Å². The van der Waals surface area contributed by atoms with E-state index in [4.69, 9.17) is 4.74 Å². The molecule has 2 aromatic carbocycles. The van der Waals surface area contributed by atoms with Crippen LogP contribution in [0, 0.1) is 0 Å². The van der Waals surface area contributed by atoms with E-state index >= 15 is 0 Å². The van der Waals surface area contributed by atoms with Gasteiger partial charge < -0.3 is 10.1 Å². The summed E-state index contributed by atoms with van der Waals surface area (Å²) in [5, 5.41) is 3.65. The maximum Gasteiger partial charge on any atom is 0.119 e. The number of nitrogens with zero attached hydrogens (tertiary/aromatic N) is 1. The summed E-state index contributed by atoms with van der Waals surface area (Å²) < 4.78 is 5.35. The van der Waals surface area contributed by atoms with E-state index < -0.39 is 0 Å². The second kappa shape index (κ2) is 9.53. The number of hydrogen-bond donors (Lipinski definition) is 1. The van der Waals surface area contributed by atoms with Crippen LogP contribution in [0.4, 0.5) is 0 Å². The van der Waals surface area contributed by atoms with Gasteiger partial charge in [0.15, 0.2) is 0 Å². The molecule has 1 aliphatic heterocycles. The molecule has 3 heteroatoms. The number of nitrogens with one attached hydrogen (secondary N) is 1. The summed E-state index contributed by atoms with van der Waals surface area (Å²) in [7, 11) is 1.70. The van der Waals surface area contributed by atoms with Crippen LogP contribution in [0.25, 0.3) is 16.7 Å². The molecule has 0 aliphatic carbocycles. The number of methoxy groups -OCH3 is 1. The van der Waals surface area contributed by atoms with Gasteiger partial charge in [0.1, 0.15) is 5.75 Å². The standard InChI is InChI=1S/C26H28N2O/c1-29-26-12-6-10-22(17-26)24-15-20(18-27-19-24)7-5-11-25-16-23(13-14-28-25)21-8-3-2-4-9-21/h2-4,6,8-10,12-13,15,17-19,25,28H,5,7,11,14,16H2,1H3. The second-order valence-corrected chi connectivity index (χ2v) is 7.61. The molecule has 0 fully saturated rings. The van der Waals surface area contributed by atoms with E-state index in [-0.39, 0.29) is 0 Å². The van der Waals surface area contributed by atoms with Crippen LogP contribution in [0.15, 0.2) is 79.1 Å². The van der Waals surface area contributed by atoms with Crippen molar-refractivity contribution in [2.75, 3.05) is 13.7 Å². The Balaban J connectivity index is 1.33. The zero-order valence-electron chi connectivity index (χ0n) is 17.0. The van der Waals surface area contributed by atoms with Crippen LogP contribution in [0.2, 0.25) is 0 Å². The molecule has 4 rings (SSSR count). The Labute approximate surface area is 173 Å². The van der Waals surface area contributed by atoms with Gasteiger partial charge in [-0.25, -0.2) is 0 Å². The van der Waals surface area contributed by atoms with Crippen molar-refractivity contribution in [2.24, 2.45) is 0 Å². The average Bonchev–Trinajstić information content (AvgIpc) is 2.80. The summed E-state index contributed by atoms with van der Waals surface area (Å²) in [6.07, 6.45) is 10.7. The SMILES string of the molecule is COc1cccc(-c2cncc(CCCC3CC(c4ccccc4)=CCN3)c2)c1. The van der Waals surface area contributed by atoms with Crippen molar-refractivity contribution in [1.29, 1.82) is 0 Å². The van der Waals surface area contributed by atoms with E-state index in [0.29, 0.717) is 6.04 Å². The minimum atomic E-state index is 0.546. The topological polar surface area (TPSA) is 34.1 Å². The number of rotatable bonds is 7. The highest BCUT2D eigenvalue weighted by molar-refractivity contribution is 5.67. The first kappa shape index (κ1) is 19.4. The van der Waals surface area contributed by atoms with Gasteiger partial charge in [-0.05, 0) is 66.1 Å². The number of pyridine rings is 1. The third-order valence-corrected chi connectivity index (χ3v) is 5.58. The molecule has 3 aromatic rings. The van der Waals surface area contributed by atoms with Gasteiger partial charge in [-0.1, -0.05) is 48.5 Å². The van der Waals surface area contributed by atoms with Gasteiger partial charge in [0.05, 0.1) is 7.11 Å². The zero-order chi connectivity index (χ0) is 19.9. The van der Waals surface area contributed by atoms with Crippen LogP contribution in [-0.4, -0.2) is 24.7 Å². The van der Waals surface area contributed by atoms with Gasteiger partial charge in [-0.3, -0.25) is 4.98 Å². The Bertz CT molecular complexity index is 965. The molecule has 0 radical (unpaired) electrons. The van der Waals surface area contributed by atoms with E-state index in [9.17, 15) is 0 Å². The van der Waals surface area contributed by atoms with E-state index in [1.54, 1.807) is 7.11 Å². The lowest BCUT2D eigenvalue weighted by Crippen LogP contribution is -2.32. The van der Waals surface area contributed by atoms with Crippen molar-refractivity contribution in [2.45, 2.75) is 31.7 Å². The van der Waals surface area contributed by atoms with E-state index in [1.165, 1.54) is 23.1 Å². The van der Waals surface area contributed by atoms with Crippen molar-refractivity contribution < 1.29 is 4.74 Å². The highest BCUT2D eigenvalue weighted by atomic mass is 16.5. The van der Waals surface area contributed by atoms with Crippen molar-refractivity contribution >= 4 is 5.57 Å². The first-order valence-corrected chi connectivity index (χ1v) is 10.4. The lowest BCUT2D eigenvalue weighted by atomic mass is 9.92. The molecule has 0 bridgehead atoms. The fourth-order valence-electron chi connectivity index (χ4n) is 4.00. The minimum absolute atomic E-state index is 0.546. The molecule has 0 amide bonds. The fraction of sp³-hybridized carbons (Fsp3) is 0.269. The molecule has 2 heterocycles. The maximum absolute atomic E-state index is 5.35. The largest absolute Gasteiger partial charge is 0.497 e. The van der Waals surface area contributed by atoms with Crippen LogP contribution in [0.3, 0.4) is 0 Å². The smallest absolute Gasteiger partial charge is 0.119 e. The molecule has 1 aromatic heterocycles. The summed E-state index contributed by atoms with van der Waals surface area (Å²) >= 11 is 0. The maximum atomic E-state index is 5.35. The van der Waals surface area contributed by atoms with Crippen LogP contribution in [0.5, 0.6) is 5.75 Å². The molecule has 0 saturated heterocycles. The predicted octanol–water partition coefficient (Wildman–Crippen LogP) is 5.53. The zero-order valence-corrected chi connectivity index (χ0v) is 17.0. The average molecular weight is 385 g/mol. The molecule has 148 valence electrons. The fourth-order valence-corrected chi connectivity index (χ4v) is 4.00. The number of aryl methyl sites for hydroxylation is 1. The summed E-state index contributed by atoms with van der Waals surface area (Å²) in [6.45, 7) is 0.960. The Morgan fingerprint density at radius 3 is 2.69 bits per heavy atom. The Morgan fingerprint density at radius 2 is 1.83 bits per heavy atom. The highest BCUT2D eigenvalue weighted by Gasteiger charge is 2.15. The van der Waals surface area contributed by atoms with Gasteiger partial charge >= 0.3 is 0 Å². The van der Waals surface area contributed by atoms with Crippen LogP contribution in [0.1, 0.15) is 30.4 Å². The van der Waals surface area contributed by atoms with Crippen molar-refractivity contribution in [1.82, 2.24) is 10.3 Å². The second-order valence-electron chi connectivity index (χ2n) is 7.61. The van der Waals surface area contributed by atoms with Crippen LogP contribution in [-0.2, 0) is 6.42 Å². The van der Waals surface area contributed by atoms with Gasteiger partial charge in [0.25, 0.3) is 0 Å². The van der Waals surface area contributed by atoms with Crippen molar-refractivity contribution in [3.8, 4) is 16.9 Å². The summed E-state index contributed by atoms with van der Waals surface area (Å²) in [6, 6.07) is 21.7. The summed E-state index contributed by atoms with van der Waals surface area (Å²) in [5.74, 6) is 0.874. The molecule has 29 heavy (non-hydrogen) atoms. The molecular weight excluding hydrogens is 356 g/mol. The molecule has 1 aliphatic rings. The first-order valence-electron chi connectivity index (χ1n) is 10.4. The molecule has 1 unspecified atom stereocenters. The Hall–Kier alpha value is -2.91. The van der Waals surface area contributed by atoms with Gasteiger partial charge in [-0.2, -0.15) is 0 Å². The third-order valence-electron chi connectivity index (χ3n) is 5.58. The van der Waals surface area contributed by atoms with Gasteiger partial charge in [-0.15, -0.1) is 0 Å². The third kappa shape index (κ3) is 5.12. The number of ether oxygens (including phenoxy) is 1. The summed E-state index contributed by atoms with van der Waals surface area (Å²) in [4.78, 5) is 4.47. The molecular formula is C26H28N2O. The monoisotopic (exact) mass is 384 g/mol. The lowest BCUT2D eigenvalue weighted by molar-refractivity contribution is 0.415. The molecule has 3 nitrogen and oxygen atoms in total. The van der Waals surface area contributed by atoms with E-state index in [1.807, 2.05) is 24.5 Å². The number of benzene rings is 2. The molecule has 0 spiro atoms. The Morgan fingerprint density at radius 1 is 0.966 bits per heavy atom. The van der Waals surface area contributed by atoms with Crippen molar-refractivity contribution in [3.05, 3.63) is 90.3 Å². The molecule has 1 atom stereocenters. The van der Waals surface area contributed by atoms with E-state index in [2.05, 4.69) is 64.9 Å². The highest BCUT2D eigenvalue weighted by Crippen LogP contribution is 2.26.